The summed E-state index contributed by atoms with van der Waals surface area (Å²) in [5.41, 5.74) is 1.84. The molecule has 1 aromatic heterocycles. The Kier molecular flexibility index (Phi) is 6.82. The van der Waals surface area contributed by atoms with Crippen LogP contribution in [0.4, 0.5) is 5.69 Å². The molecule has 1 unspecified atom stereocenters. The molecular weight excluding hydrogens is 326 g/mol. The lowest BCUT2D eigenvalue weighted by molar-refractivity contribution is -0.143. The van der Waals surface area contributed by atoms with Gasteiger partial charge >= 0.3 is 5.97 Å². The van der Waals surface area contributed by atoms with E-state index in [1.165, 1.54) is 0 Å². The molecule has 0 radical (unpaired) electrons. The first-order valence-electron chi connectivity index (χ1n) is 8.31. The lowest BCUT2D eigenvalue weighted by atomic mass is 10.1. The fourth-order valence-electron chi connectivity index (χ4n) is 2.92. The zero-order chi connectivity index (χ0) is 17.5. The Morgan fingerprint density at radius 2 is 2.08 bits per heavy atom. The van der Waals surface area contributed by atoms with E-state index in [1.807, 2.05) is 43.0 Å². The van der Waals surface area contributed by atoms with Gasteiger partial charge in [-0.25, -0.2) is 0 Å². The van der Waals surface area contributed by atoms with Gasteiger partial charge < -0.3 is 10.4 Å². The highest BCUT2D eigenvalue weighted by molar-refractivity contribution is 6.31. The van der Waals surface area contributed by atoms with E-state index in [-0.39, 0.29) is 0 Å². The van der Waals surface area contributed by atoms with Crippen LogP contribution in [0.1, 0.15) is 26.7 Å². The molecule has 24 heavy (non-hydrogen) atoms. The summed E-state index contributed by atoms with van der Waals surface area (Å²) >= 11 is 6.00. The quantitative estimate of drug-likeness (QED) is 0.673. The molecule has 0 aliphatic rings. The zero-order valence-electron chi connectivity index (χ0n) is 14.1. The van der Waals surface area contributed by atoms with Gasteiger partial charge in [-0.1, -0.05) is 25.4 Å². The number of anilines is 1. The number of aromatic nitrogens is 1. The van der Waals surface area contributed by atoms with Crippen LogP contribution in [0.25, 0.3) is 10.9 Å². The Morgan fingerprint density at radius 3 is 2.75 bits per heavy atom. The first-order chi connectivity index (χ1) is 11.6. The molecule has 0 bridgehead atoms. The Labute approximate surface area is 147 Å². The van der Waals surface area contributed by atoms with Gasteiger partial charge in [0.2, 0.25) is 0 Å². The lowest BCUT2D eigenvalue weighted by Gasteiger charge is -2.26. The first-order valence-corrected chi connectivity index (χ1v) is 8.69. The number of fused-ring (bicyclic) bond motifs is 1. The second kappa shape index (κ2) is 8.85. The largest absolute Gasteiger partial charge is 0.480 e. The summed E-state index contributed by atoms with van der Waals surface area (Å²) in [6.07, 6.45) is 3.15. The number of nitrogens with one attached hydrogen (secondary N) is 1. The third-order valence-corrected chi connectivity index (χ3v) is 4.45. The van der Waals surface area contributed by atoms with E-state index >= 15 is 0 Å². The first kappa shape index (κ1) is 18.5. The number of nitrogens with zero attached hydrogens (tertiary/aromatic N) is 2. The highest BCUT2D eigenvalue weighted by Gasteiger charge is 2.22. The lowest BCUT2D eigenvalue weighted by Crippen LogP contribution is -2.41. The Balaban J connectivity index is 1.95. The average Bonchev–Trinajstić information content (AvgIpc) is 2.57. The van der Waals surface area contributed by atoms with Crippen LogP contribution in [0, 0.1) is 0 Å². The standard InChI is InChI=1S/C18H24ClN3O2/c1-3-22(4-2)17(18(23)24)6-5-10-20-15-9-11-21-16-12-13(19)7-8-14(15)16/h7-9,11-12,17H,3-6,10H2,1-2H3,(H,20,21)(H,23,24). The molecule has 2 rings (SSSR count). The third-order valence-electron chi connectivity index (χ3n) is 4.21. The molecule has 0 aliphatic carbocycles. The molecule has 0 aliphatic heterocycles. The number of pyridine rings is 1. The Bertz CT molecular complexity index is 689. The summed E-state index contributed by atoms with van der Waals surface area (Å²) in [6, 6.07) is 7.13. The summed E-state index contributed by atoms with van der Waals surface area (Å²) in [5.74, 6) is -0.747. The van der Waals surface area contributed by atoms with Crippen molar-refractivity contribution >= 4 is 34.2 Å². The number of aliphatic carboxylic acids is 1. The molecule has 0 spiro atoms. The van der Waals surface area contributed by atoms with Crippen molar-refractivity contribution < 1.29 is 9.90 Å². The van der Waals surface area contributed by atoms with Crippen LogP contribution >= 0.6 is 11.6 Å². The van der Waals surface area contributed by atoms with Gasteiger partial charge in [-0.05, 0) is 50.2 Å². The summed E-state index contributed by atoms with van der Waals surface area (Å²) in [7, 11) is 0. The molecular formula is C18H24ClN3O2. The molecule has 0 saturated carbocycles. The van der Waals surface area contributed by atoms with Gasteiger partial charge in [0.25, 0.3) is 0 Å². The van der Waals surface area contributed by atoms with Crippen LogP contribution in [0.5, 0.6) is 0 Å². The van der Waals surface area contributed by atoms with E-state index in [1.54, 1.807) is 6.20 Å². The maximum atomic E-state index is 11.4. The van der Waals surface area contributed by atoms with E-state index in [9.17, 15) is 9.90 Å². The molecule has 0 amide bonds. The van der Waals surface area contributed by atoms with E-state index in [0.29, 0.717) is 18.0 Å². The van der Waals surface area contributed by atoms with Crippen molar-refractivity contribution in [2.75, 3.05) is 25.0 Å². The number of hydrogen-bond acceptors (Lipinski definition) is 4. The summed E-state index contributed by atoms with van der Waals surface area (Å²) in [4.78, 5) is 17.7. The fraction of sp³-hybridized carbons (Fsp3) is 0.444. The van der Waals surface area contributed by atoms with E-state index in [0.717, 1.165) is 36.1 Å². The van der Waals surface area contributed by atoms with E-state index in [2.05, 4.69) is 10.3 Å². The van der Waals surface area contributed by atoms with Crippen LogP contribution in [-0.2, 0) is 4.79 Å². The molecule has 0 saturated heterocycles. The molecule has 1 atom stereocenters. The number of halogens is 1. The van der Waals surface area contributed by atoms with Crippen LogP contribution in [-0.4, -0.2) is 46.6 Å². The van der Waals surface area contributed by atoms with Crippen molar-refractivity contribution in [3.05, 3.63) is 35.5 Å². The third kappa shape index (κ3) is 4.58. The smallest absolute Gasteiger partial charge is 0.320 e. The number of carboxylic acid groups (broad SMARTS) is 1. The Morgan fingerprint density at radius 1 is 1.33 bits per heavy atom. The second-order valence-corrected chi connectivity index (χ2v) is 6.10. The fourth-order valence-corrected chi connectivity index (χ4v) is 3.09. The minimum absolute atomic E-state index is 0.421. The van der Waals surface area contributed by atoms with Crippen LogP contribution < -0.4 is 5.32 Å². The maximum absolute atomic E-state index is 11.4. The van der Waals surface area contributed by atoms with Gasteiger partial charge in [0.1, 0.15) is 6.04 Å². The summed E-state index contributed by atoms with van der Waals surface area (Å²) in [5, 5.41) is 14.5. The predicted molar refractivity (Wildman–Crippen MR) is 98.8 cm³/mol. The van der Waals surface area contributed by atoms with Gasteiger partial charge in [0, 0.05) is 28.8 Å². The van der Waals surface area contributed by atoms with Crippen molar-refractivity contribution in [1.29, 1.82) is 0 Å². The number of likely N-dealkylation sites (N-methyl/N-ethyl adjacent to an activating group) is 1. The topological polar surface area (TPSA) is 65.5 Å². The van der Waals surface area contributed by atoms with E-state index < -0.39 is 12.0 Å². The number of carbonyl (C=O) groups is 1. The van der Waals surface area contributed by atoms with Crippen molar-refractivity contribution in [3.8, 4) is 0 Å². The van der Waals surface area contributed by atoms with Gasteiger partial charge in [0.15, 0.2) is 0 Å². The minimum Gasteiger partial charge on any atom is -0.480 e. The normalized spacial score (nSPS) is 12.5. The summed E-state index contributed by atoms with van der Waals surface area (Å²) in [6.45, 7) is 6.19. The predicted octanol–water partition coefficient (Wildman–Crippen LogP) is 3.88. The van der Waals surface area contributed by atoms with Crippen molar-refractivity contribution in [2.24, 2.45) is 0 Å². The van der Waals surface area contributed by atoms with Crippen molar-refractivity contribution in [2.45, 2.75) is 32.7 Å². The monoisotopic (exact) mass is 349 g/mol. The summed E-state index contributed by atoms with van der Waals surface area (Å²) < 4.78 is 0. The highest BCUT2D eigenvalue weighted by Crippen LogP contribution is 2.24. The molecule has 5 nitrogen and oxygen atoms in total. The van der Waals surface area contributed by atoms with Gasteiger partial charge in [-0.15, -0.1) is 0 Å². The van der Waals surface area contributed by atoms with E-state index in [4.69, 9.17) is 11.6 Å². The van der Waals surface area contributed by atoms with Crippen molar-refractivity contribution in [1.82, 2.24) is 9.88 Å². The second-order valence-electron chi connectivity index (χ2n) is 5.66. The minimum atomic E-state index is -0.747. The molecule has 130 valence electrons. The average molecular weight is 350 g/mol. The maximum Gasteiger partial charge on any atom is 0.320 e. The van der Waals surface area contributed by atoms with Gasteiger partial charge in [-0.3, -0.25) is 14.7 Å². The number of carboxylic acids is 1. The SMILES string of the molecule is CCN(CC)C(CCCNc1ccnc2cc(Cl)ccc12)C(=O)O. The molecule has 6 heteroatoms. The highest BCUT2D eigenvalue weighted by atomic mass is 35.5. The van der Waals surface area contributed by atoms with Crippen molar-refractivity contribution in [3.63, 3.8) is 0 Å². The van der Waals surface area contributed by atoms with Crippen LogP contribution in [0.3, 0.4) is 0 Å². The number of hydrogen-bond donors (Lipinski definition) is 2. The zero-order valence-corrected chi connectivity index (χ0v) is 14.9. The number of benzene rings is 1. The van der Waals surface area contributed by atoms with Gasteiger partial charge in [-0.2, -0.15) is 0 Å². The molecule has 2 N–H and O–H groups in total. The molecule has 1 heterocycles. The number of rotatable bonds is 9. The molecule has 1 aromatic carbocycles. The van der Waals surface area contributed by atoms with Crippen LogP contribution in [0.15, 0.2) is 30.5 Å². The van der Waals surface area contributed by atoms with Crippen LogP contribution in [0.2, 0.25) is 5.02 Å². The Hall–Kier alpha value is -1.85. The van der Waals surface area contributed by atoms with Gasteiger partial charge in [0.05, 0.1) is 5.52 Å². The molecule has 2 aromatic rings. The molecule has 0 fully saturated rings.